The average Bonchev–Trinajstić information content (AvgIpc) is 2.95. The summed E-state index contributed by atoms with van der Waals surface area (Å²) in [6.45, 7) is 2.66. The number of benzene rings is 1. The maximum atomic E-state index is 5.67. The second kappa shape index (κ2) is 7.21. The molecule has 0 aliphatic carbocycles. The molecule has 0 radical (unpaired) electrons. The van der Waals surface area contributed by atoms with Crippen LogP contribution in [0, 0.1) is 0 Å². The van der Waals surface area contributed by atoms with E-state index in [1.165, 1.54) is 0 Å². The number of ether oxygens (including phenoxy) is 1. The molecule has 1 heterocycles. The van der Waals surface area contributed by atoms with Gasteiger partial charge in [0.25, 0.3) is 5.22 Å². The summed E-state index contributed by atoms with van der Waals surface area (Å²) in [5.41, 5.74) is 1.16. The van der Waals surface area contributed by atoms with Crippen molar-refractivity contribution in [2.75, 3.05) is 19.4 Å². The highest BCUT2D eigenvalue weighted by Crippen LogP contribution is 2.29. The summed E-state index contributed by atoms with van der Waals surface area (Å²) in [6, 6.07) is 8.29. The number of rotatable bonds is 7. The van der Waals surface area contributed by atoms with Crippen molar-refractivity contribution >= 4 is 11.8 Å². The van der Waals surface area contributed by atoms with Crippen LogP contribution in [0.2, 0.25) is 0 Å². The first kappa shape index (κ1) is 14.0. The first-order valence-corrected chi connectivity index (χ1v) is 7.25. The minimum Gasteiger partial charge on any atom is -0.494 e. The highest BCUT2D eigenvalue weighted by atomic mass is 32.2. The van der Waals surface area contributed by atoms with Crippen LogP contribution in [0.4, 0.5) is 0 Å². The maximum absolute atomic E-state index is 5.67. The van der Waals surface area contributed by atoms with Gasteiger partial charge in [0, 0.05) is 17.4 Å². The van der Waals surface area contributed by atoms with Crippen molar-refractivity contribution in [3.63, 3.8) is 0 Å². The van der Waals surface area contributed by atoms with Gasteiger partial charge in [-0.1, -0.05) is 30.0 Å². The Morgan fingerprint density at radius 3 is 2.95 bits per heavy atom. The molecular weight excluding hydrogens is 260 g/mol. The van der Waals surface area contributed by atoms with Crippen LogP contribution < -0.4 is 10.1 Å². The Labute approximate surface area is 117 Å². The van der Waals surface area contributed by atoms with Gasteiger partial charge >= 0.3 is 0 Å². The van der Waals surface area contributed by atoms with Crippen molar-refractivity contribution in [1.29, 1.82) is 0 Å². The van der Waals surface area contributed by atoms with Crippen molar-refractivity contribution in [1.82, 2.24) is 10.3 Å². The molecule has 2 aromatic rings. The van der Waals surface area contributed by atoms with E-state index in [2.05, 4.69) is 16.4 Å². The van der Waals surface area contributed by atoms with E-state index in [1.807, 2.05) is 32.2 Å². The van der Waals surface area contributed by atoms with Crippen LogP contribution in [-0.4, -0.2) is 24.4 Å². The van der Waals surface area contributed by atoms with Gasteiger partial charge in [0.15, 0.2) is 0 Å². The zero-order chi connectivity index (χ0) is 13.5. The van der Waals surface area contributed by atoms with Crippen LogP contribution in [0.15, 0.2) is 46.4 Å². The largest absolute Gasteiger partial charge is 0.494 e. The molecule has 19 heavy (non-hydrogen) atoms. The van der Waals surface area contributed by atoms with E-state index in [0.29, 0.717) is 11.8 Å². The van der Waals surface area contributed by atoms with Gasteiger partial charge in [0.2, 0.25) is 0 Å². The zero-order valence-electron chi connectivity index (χ0n) is 11.1. The Morgan fingerprint density at radius 2 is 2.26 bits per heavy atom. The minimum absolute atomic E-state index is 0.194. The minimum atomic E-state index is 0.194. The van der Waals surface area contributed by atoms with Crippen molar-refractivity contribution in [2.45, 2.75) is 18.2 Å². The van der Waals surface area contributed by atoms with Crippen LogP contribution >= 0.6 is 11.8 Å². The molecule has 0 bridgehead atoms. The lowest BCUT2D eigenvalue weighted by Crippen LogP contribution is -2.19. The van der Waals surface area contributed by atoms with Crippen LogP contribution in [0.5, 0.6) is 5.75 Å². The predicted octanol–water partition coefficient (Wildman–Crippen LogP) is 3.13. The Morgan fingerprint density at radius 1 is 1.42 bits per heavy atom. The Bertz CT molecular complexity index is 488. The summed E-state index contributed by atoms with van der Waals surface area (Å²) < 4.78 is 10.9. The van der Waals surface area contributed by atoms with E-state index in [4.69, 9.17) is 9.15 Å². The smallest absolute Gasteiger partial charge is 0.255 e. The molecule has 5 heteroatoms. The molecule has 0 aliphatic heterocycles. The van der Waals surface area contributed by atoms with Crippen molar-refractivity contribution < 1.29 is 9.15 Å². The number of aromatic nitrogens is 1. The van der Waals surface area contributed by atoms with Crippen LogP contribution in [-0.2, 0) is 0 Å². The van der Waals surface area contributed by atoms with Crippen LogP contribution in [0.1, 0.15) is 18.5 Å². The van der Waals surface area contributed by atoms with Gasteiger partial charge < -0.3 is 14.5 Å². The summed E-state index contributed by atoms with van der Waals surface area (Å²) in [5, 5.41) is 4.00. The maximum Gasteiger partial charge on any atom is 0.255 e. The van der Waals surface area contributed by atoms with E-state index in [1.54, 1.807) is 24.2 Å². The molecule has 1 unspecified atom stereocenters. The average molecular weight is 278 g/mol. The molecule has 1 atom stereocenters. The lowest BCUT2D eigenvalue weighted by Gasteiger charge is -2.18. The summed E-state index contributed by atoms with van der Waals surface area (Å²) in [7, 11) is 1.95. The molecule has 0 saturated carbocycles. The van der Waals surface area contributed by atoms with Crippen molar-refractivity contribution in [2.24, 2.45) is 0 Å². The molecular formula is C14H18N2O2S. The number of para-hydroxylation sites is 1. The predicted molar refractivity (Wildman–Crippen MR) is 76.6 cm³/mol. The quantitative estimate of drug-likeness (QED) is 0.788. The molecule has 1 N–H and O–H groups in total. The van der Waals surface area contributed by atoms with Gasteiger partial charge in [-0.3, -0.25) is 0 Å². The van der Waals surface area contributed by atoms with Gasteiger partial charge in [-0.15, -0.1) is 0 Å². The molecule has 0 amide bonds. The highest BCUT2D eigenvalue weighted by molar-refractivity contribution is 7.99. The Kier molecular flexibility index (Phi) is 5.30. The van der Waals surface area contributed by atoms with E-state index in [-0.39, 0.29) is 6.04 Å². The summed E-state index contributed by atoms with van der Waals surface area (Å²) in [5.74, 6) is 1.76. The zero-order valence-corrected chi connectivity index (χ0v) is 11.9. The standard InChI is InChI=1S/C14H18N2O2S/c1-3-17-13-7-5-4-6-11(13)12(15-2)10-19-14-16-8-9-18-14/h4-9,12,15H,3,10H2,1-2H3. The first-order valence-electron chi connectivity index (χ1n) is 6.26. The molecule has 0 aliphatic rings. The third kappa shape index (κ3) is 3.75. The van der Waals surface area contributed by atoms with E-state index in [0.717, 1.165) is 17.1 Å². The van der Waals surface area contributed by atoms with Gasteiger partial charge in [0.05, 0.1) is 12.8 Å². The van der Waals surface area contributed by atoms with E-state index < -0.39 is 0 Å². The van der Waals surface area contributed by atoms with Crippen molar-refractivity contribution in [3.8, 4) is 5.75 Å². The number of hydrogen-bond donors (Lipinski definition) is 1. The number of nitrogens with zero attached hydrogens (tertiary/aromatic N) is 1. The fourth-order valence-electron chi connectivity index (χ4n) is 1.82. The lowest BCUT2D eigenvalue weighted by molar-refractivity contribution is 0.333. The van der Waals surface area contributed by atoms with E-state index >= 15 is 0 Å². The molecule has 4 nitrogen and oxygen atoms in total. The SMILES string of the molecule is CCOc1ccccc1C(CSc1ncco1)NC. The topological polar surface area (TPSA) is 47.3 Å². The van der Waals surface area contributed by atoms with Gasteiger partial charge in [-0.25, -0.2) is 4.98 Å². The summed E-state index contributed by atoms with van der Waals surface area (Å²) in [6.07, 6.45) is 3.25. The lowest BCUT2D eigenvalue weighted by atomic mass is 10.1. The highest BCUT2D eigenvalue weighted by Gasteiger charge is 2.15. The second-order valence-electron chi connectivity index (χ2n) is 3.92. The Hall–Kier alpha value is -1.46. The number of nitrogens with one attached hydrogen (secondary N) is 1. The van der Waals surface area contributed by atoms with Gasteiger partial charge in [-0.05, 0) is 20.0 Å². The number of oxazole rings is 1. The fraction of sp³-hybridized carbons (Fsp3) is 0.357. The molecule has 0 fully saturated rings. The Balaban J connectivity index is 2.08. The molecule has 102 valence electrons. The van der Waals surface area contributed by atoms with Crippen LogP contribution in [0.25, 0.3) is 0 Å². The van der Waals surface area contributed by atoms with Crippen molar-refractivity contribution in [3.05, 3.63) is 42.3 Å². The molecule has 1 aromatic carbocycles. The van der Waals surface area contributed by atoms with Crippen LogP contribution in [0.3, 0.4) is 0 Å². The van der Waals surface area contributed by atoms with E-state index in [9.17, 15) is 0 Å². The molecule has 0 spiro atoms. The first-order chi connectivity index (χ1) is 9.35. The van der Waals surface area contributed by atoms with Gasteiger partial charge in [0.1, 0.15) is 12.0 Å². The summed E-state index contributed by atoms with van der Waals surface area (Å²) in [4.78, 5) is 4.11. The molecule has 2 rings (SSSR count). The van der Waals surface area contributed by atoms with Gasteiger partial charge in [-0.2, -0.15) is 0 Å². The monoisotopic (exact) mass is 278 g/mol. The normalized spacial score (nSPS) is 12.3. The molecule has 1 aromatic heterocycles. The molecule has 0 saturated heterocycles. The third-order valence-corrected chi connectivity index (χ3v) is 3.67. The third-order valence-electron chi connectivity index (χ3n) is 2.73. The number of hydrogen-bond acceptors (Lipinski definition) is 5. The fourth-order valence-corrected chi connectivity index (χ4v) is 2.73. The summed E-state index contributed by atoms with van der Waals surface area (Å²) >= 11 is 1.59. The number of thioether (sulfide) groups is 1. The second-order valence-corrected chi connectivity index (χ2v) is 4.89.